The second-order valence-corrected chi connectivity index (χ2v) is 16.8. The van der Waals surface area contributed by atoms with Crippen molar-refractivity contribution in [3.63, 3.8) is 0 Å². The van der Waals surface area contributed by atoms with Crippen LogP contribution in [0.15, 0.2) is 65.1 Å². The third kappa shape index (κ3) is 5.27. The van der Waals surface area contributed by atoms with E-state index in [-0.39, 0.29) is 0 Å². The first kappa shape index (κ1) is 38.4. The molecule has 0 aliphatic rings. The molecular formula is C39H38B14N4O. The van der Waals surface area contributed by atoms with Crippen molar-refractivity contribution in [3.8, 4) is 39.9 Å². The lowest BCUT2D eigenvalue weighted by Crippen LogP contribution is -2.49. The summed E-state index contributed by atoms with van der Waals surface area (Å²) in [6, 6.07) is 20.5. The summed E-state index contributed by atoms with van der Waals surface area (Å²) < 4.78 is 9.81. The van der Waals surface area contributed by atoms with Crippen LogP contribution in [0.25, 0.3) is 83.6 Å². The minimum Gasteiger partial charge on any atom is -0.457 e. The summed E-state index contributed by atoms with van der Waals surface area (Å²) >= 11 is 0. The highest BCUT2D eigenvalue weighted by atomic mass is 16.3. The minimum absolute atomic E-state index is 0.652. The van der Waals surface area contributed by atoms with Gasteiger partial charge in [-0.3, -0.25) is 0 Å². The first-order chi connectivity index (χ1) is 27.6. The smallest absolute Gasteiger partial charge is 0.164 e. The number of rotatable bonds is 4. The molecular weight excluding hydrogens is 692 g/mol. The molecule has 0 fully saturated rings. The van der Waals surface area contributed by atoms with Crippen molar-refractivity contribution < 1.29 is 4.42 Å². The molecule has 3 aromatic heterocycles. The summed E-state index contributed by atoms with van der Waals surface area (Å²) in [5.74, 6) is 1.97. The zero-order valence-electron chi connectivity index (χ0n) is 36.5. The van der Waals surface area contributed by atoms with Crippen molar-refractivity contribution in [1.29, 1.82) is 0 Å². The van der Waals surface area contributed by atoms with Crippen LogP contribution >= 0.6 is 0 Å². The van der Waals surface area contributed by atoms with E-state index in [1.54, 1.807) is 0 Å². The molecule has 0 radical (unpaired) electrons. The first-order valence-electron chi connectivity index (χ1n) is 20.5. The number of nitrogens with zero attached hydrogens (tertiary/aromatic N) is 4. The number of furan rings is 1. The zero-order valence-corrected chi connectivity index (χ0v) is 36.5. The van der Waals surface area contributed by atoms with Crippen molar-refractivity contribution in [2.24, 2.45) is 0 Å². The lowest BCUT2D eigenvalue weighted by Gasteiger charge is -2.22. The van der Waals surface area contributed by atoms with Gasteiger partial charge in [-0.2, -0.15) is 0 Å². The van der Waals surface area contributed by atoms with Gasteiger partial charge >= 0.3 is 0 Å². The van der Waals surface area contributed by atoms with Gasteiger partial charge in [-0.25, -0.2) is 15.0 Å². The van der Waals surface area contributed by atoms with Gasteiger partial charge in [0, 0.05) is 33.1 Å². The molecule has 0 aliphatic heterocycles. The predicted octanol–water partition coefficient (Wildman–Crippen LogP) is -14.5. The Hall–Kier alpha value is -5.16. The van der Waals surface area contributed by atoms with Gasteiger partial charge in [0.05, 0.1) is 11.1 Å². The van der Waals surface area contributed by atoms with Gasteiger partial charge in [0.15, 0.2) is 17.5 Å². The summed E-state index contributed by atoms with van der Waals surface area (Å²) in [5, 5.41) is 4.97. The molecule has 5 nitrogen and oxygen atoms in total. The van der Waals surface area contributed by atoms with E-state index in [0.29, 0.717) is 17.5 Å². The van der Waals surface area contributed by atoms with E-state index in [1.165, 1.54) is 87.6 Å². The highest BCUT2D eigenvalue weighted by Crippen LogP contribution is 2.35. The van der Waals surface area contributed by atoms with Crippen LogP contribution in [0.5, 0.6) is 0 Å². The second-order valence-electron chi connectivity index (χ2n) is 16.8. The van der Waals surface area contributed by atoms with Crippen LogP contribution in [-0.2, 0) is 0 Å². The molecule has 58 heavy (non-hydrogen) atoms. The molecule has 0 saturated heterocycles. The molecule has 0 bridgehead atoms. The molecule has 19 heteroatoms. The Bertz CT molecular complexity index is 3140. The van der Waals surface area contributed by atoms with E-state index in [2.05, 4.69) is 139 Å². The van der Waals surface area contributed by atoms with Crippen molar-refractivity contribution in [3.05, 3.63) is 60.7 Å². The summed E-state index contributed by atoms with van der Waals surface area (Å²) in [6.07, 6.45) is 0. The van der Waals surface area contributed by atoms with Crippen LogP contribution in [0.4, 0.5) is 0 Å². The van der Waals surface area contributed by atoms with Crippen LogP contribution in [0.3, 0.4) is 0 Å². The highest BCUT2D eigenvalue weighted by molar-refractivity contribution is 6.72. The molecule has 6 aromatic carbocycles. The zero-order chi connectivity index (χ0) is 41.2. The fraction of sp³-hybridized carbons (Fsp3) is 0. The summed E-state index contributed by atoms with van der Waals surface area (Å²) in [7, 11) is 31.8. The molecule has 9 rings (SSSR count). The molecule has 0 atom stereocenters. The third-order valence-electron chi connectivity index (χ3n) is 14.1. The monoisotopic (exact) mass is 732 g/mol. The van der Waals surface area contributed by atoms with Gasteiger partial charge in [0.1, 0.15) is 121 Å². The number of fused-ring (bicyclic) bond motifs is 6. The SMILES string of the molecule is Bc1c(-c2nc(-c3ccccc3)nc(-c3ccccc3)n2)c(B)c2c(oc3c(B)c(B)c(B)c(-n4c5c(B)c(B)c(B)c(B)c5c5c(B)c(B)c(B)c(B)c54)c32)c1B. The summed E-state index contributed by atoms with van der Waals surface area (Å²) in [4.78, 5) is 15.5. The Morgan fingerprint density at radius 2 is 0.741 bits per heavy atom. The standard InChI is InChI=1S/C39H38B14N4O/c40-18-15-16-34(57-32-13(19(41)22(44)24(46)27(32)49)14-20(42)23(45)25(47)28(50)33(14)57)29(51)26(48)31(53)36(16)58-35(15)30(52)21(43)17(18)39-55-37(11-7-3-1-4-8-11)54-38(56-39)12-9-5-2-6-10-12/h1-10H,40-53H2. The van der Waals surface area contributed by atoms with Crippen molar-refractivity contribution in [2.75, 3.05) is 0 Å². The molecule has 9 aromatic rings. The fourth-order valence-electron chi connectivity index (χ4n) is 9.75. The summed E-state index contributed by atoms with van der Waals surface area (Å²) in [5.41, 5.74) is 26.3. The van der Waals surface area contributed by atoms with Gasteiger partial charge in [-0.1, -0.05) is 126 Å². The van der Waals surface area contributed by atoms with Gasteiger partial charge in [-0.15, -0.1) is 10.9 Å². The second kappa shape index (κ2) is 13.7. The van der Waals surface area contributed by atoms with E-state index < -0.39 is 0 Å². The predicted molar refractivity (Wildman–Crippen MR) is 292 cm³/mol. The normalized spacial score (nSPS) is 11.7. The number of hydrogen-bond donors (Lipinski definition) is 0. The maximum atomic E-state index is 7.18. The van der Waals surface area contributed by atoms with Crippen LogP contribution in [0.2, 0.25) is 0 Å². The number of benzene rings is 6. The van der Waals surface area contributed by atoms with Crippen LogP contribution in [0.1, 0.15) is 0 Å². The Kier molecular flexibility index (Phi) is 9.07. The molecule has 0 unspecified atom stereocenters. The van der Waals surface area contributed by atoms with Gasteiger partial charge in [0.2, 0.25) is 0 Å². The van der Waals surface area contributed by atoms with E-state index in [0.717, 1.165) is 55.0 Å². The van der Waals surface area contributed by atoms with Crippen molar-refractivity contribution >= 4 is 230 Å². The van der Waals surface area contributed by atoms with Gasteiger partial charge < -0.3 is 8.98 Å². The van der Waals surface area contributed by atoms with Crippen LogP contribution in [-0.4, -0.2) is 129 Å². The van der Waals surface area contributed by atoms with Crippen molar-refractivity contribution in [2.45, 2.75) is 0 Å². The minimum atomic E-state index is 0.652. The van der Waals surface area contributed by atoms with Gasteiger partial charge in [0.25, 0.3) is 0 Å². The van der Waals surface area contributed by atoms with E-state index >= 15 is 0 Å². The molecule has 0 spiro atoms. The maximum Gasteiger partial charge on any atom is 0.164 e. The number of aromatic nitrogens is 4. The molecule has 3 heterocycles. The first-order valence-corrected chi connectivity index (χ1v) is 20.5. The summed E-state index contributed by atoms with van der Waals surface area (Å²) in [6.45, 7) is 0. The van der Waals surface area contributed by atoms with Crippen LogP contribution < -0.4 is 76.5 Å². The lowest BCUT2D eigenvalue weighted by atomic mass is 9.63. The lowest BCUT2D eigenvalue weighted by molar-refractivity contribution is 0.674. The maximum absolute atomic E-state index is 7.18. The fourth-order valence-corrected chi connectivity index (χ4v) is 9.75. The van der Waals surface area contributed by atoms with Crippen molar-refractivity contribution in [1.82, 2.24) is 19.5 Å². The average Bonchev–Trinajstić information content (AvgIpc) is 3.81. The van der Waals surface area contributed by atoms with E-state index in [4.69, 9.17) is 19.4 Å². The Labute approximate surface area is 352 Å². The van der Waals surface area contributed by atoms with E-state index in [1.807, 2.05) is 36.4 Å². The largest absolute Gasteiger partial charge is 0.457 e. The number of hydrogen-bond acceptors (Lipinski definition) is 4. The average molecular weight is 730 g/mol. The topological polar surface area (TPSA) is 56.7 Å². The quantitative estimate of drug-likeness (QED) is 0.169. The van der Waals surface area contributed by atoms with Crippen LogP contribution in [0, 0.1) is 0 Å². The molecule has 0 amide bonds. The Morgan fingerprint density at radius 3 is 1.22 bits per heavy atom. The van der Waals surface area contributed by atoms with Gasteiger partial charge in [-0.05, 0) is 10.8 Å². The van der Waals surface area contributed by atoms with E-state index in [9.17, 15) is 0 Å². The Balaban J connectivity index is 1.50. The molecule has 262 valence electrons. The third-order valence-corrected chi connectivity index (χ3v) is 14.1. The Morgan fingerprint density at radius 1 is 0.345 bits per heavy atom. The molecule has 0 N–H and O–H groups in total. The highest BCUT2D eigenvalue weighted by Gasteiger charge is 2.30. The molecule has 0 saturated carbocycles. The molecule has 0 aliphatic carbocycles.